The summed E-state index contributed by atoms with van der Waals surface area (Å²) in [6.45, 7) is 0.738. The highest BCUT2D eigenvalue weighted by Gasteiger charge is 2.41. The van der Waals surface area contributed by atoms with E-state index in [1.54, 1.807) is 36.4 Å². The summed E-state index contributed by atoms with van der Waals surface area (Å²) in [4.78, 5) is 45.4. The van der Waals surface area contributed by atoms with Crippen LogP contribution in [0.3, 0.4) is 0 Å². The maximum Gasteiger partial charge on any atom is 0.329 e. The molecule has 154 valence electrons. The molecular formula is C22H16N4O5. The van der Waals surface area contributed by atoms with Crippen LogP contribution in [0.15, 0.2) is 54.3 Å². The predicted octanol–water partition coefficient (Wildman–Crippen LogP) is 2.58. The lowest BCUT2D eigenvalue weighted by atomic mass is 10.1. The Morgan fingerprint density at radius 2 is 1.77 bits per heavy atom. The molecule has 0 radical (unpaired) electrons. The van der Waals surface area contributed by atoms with Gasteiger partial charge in [0, 0.05) is 0 Å². The average molecular weight is 416 g/mol. The number of carbonyl (C=O) groups excluding carboxylic acids is 3. The largest absolute Gasteiger partial charge is 0.507 e. The van der Waals surface area contributed by atoms with Gasteiger partial charge in [-0.2, -0.15) is 5.26 Å². The van der Waals surface area contributed by atoms with E-state index in [1.807, 2.05) is 6.07 Å². The van der Waals surface area contributed by atoms with Crippen molar-refractivity contribution in [2.24, 2.45) is 0 Å². The lowest BCUT2D eigenvalue weighted by Gasteiger charge is -2.20. The molecule has 1 aromatic heterocycles. The van der Waals surface area contributed by atoms with Gasteiger partial charge in [-0.3, -0.25) is 14.5 Å². The summed E-state index contributed by atoms with van der Waals surface area (Å²) in [5.74, 6) is -2.47. The highest BCUT2D eigenvalue weighted by molar-refractivity contribution is 6.22. The van der Waals surface area contributed by atoms with Gasteiger partial charge in [0.05, 0.1) is 22.2 Å². The molecule has 2 heterocycles. The number of imidazole rings is 1. The third kappa shape index (κ3) is 3.40. The average Bonchev–Trinajstić information content (AvgIpc) is 3.31. The second-order valence-electron chi connectivity index (χ2n) is 6.85. The predicted molar refractivity (Wildman–Crippen MR) is 109 cm³/mol. The number of aromatic nitrogens is 2. The Kier molecular flexibility index (Phi) is 4.97. The van der Waals surface area contributed by atoms with Crippen LogP contribution in [0.2, 0.25) is 0 Å². The number of amides is 2. The van der Waals surface area contributed by atoms with Crippen LogP contribution < -0.4 is 0 Å². The van der Waals surface area contributed by atoms with E-state index in [4.69, 9.17) is 4.74 Å². The van der Waals surface area contributed by atoms with Gasteiger partial charge in [0.1, 0.15) is 24.3 Å². The lowest BCUT2D eigenvalue weighted by molar-refractivity contribution is -0.147. The number of nitriles is 1. The van der Waals surface area contributed by atoms with Crippen molar-refractivity contribution in [2.75, 3.05) is 6.61 Å². The molecule has 9 nitrogen and oxygen atoms in total. The molecule has 2 aromatic carbocycles. The molecule has 3 aromatic rings. The first-order valence-corrected chi connectivity index (χ1v) is 9.33. The van der Waals surface area contributed by atoms with E-state index in [0.717, 1.165) is 4.90 Å². The first-order valence-electron chi connectivity index (χ1n) is 9.33. The van der Waals surface area contributed by atoms with Crippen molar-refractivity contribution < 1.29 is 24.2 Å². The van der Waals surface area contributed by atoms with Crippen LogP contribution in [0, 0.1) is 11.3 Å². The molecule has 0 bridgehead atoms. The third-order valence-electron chi connectivity index (χ3n) is 4.93. The zero-order valence-electron chi connectivity index (χ0n) is 16.3. The summed E-state index contributed by atoms with van der Waals surface area (Å²) >= 11 is 0. The fourth-order valence-corrected chi connectivity index (χ4v) is 3.32. The van der Waals surface area contributed by atoms with E-state index in [9.17, 15) is 24.8 Å². The molecule has 1 aliphatic heterocycles. The Balaban J connectivity index is 1.49. The molecule has 0 spiro atoms. The first kappa shape index (κ1) is 19.8. The fourth-order valence-electron chi connectivity index (χ4n) is 3.32. The minimum absolute atomic E-state index is 0.130. The molecule has 2 N–H and O–H groups in total. The van der Waals surface area contributed by atoms with Crippen molar-refractivity contribution in [1.82, 2.24) is 14.9 Å². The van der Waals surface area contributed by atoms with E-state index >= 15 is 0 Å². The van der Waals surface area contributed by atoms with Gasteiger partial charge < -0.3 is 14.8 Å². The van der Waals surface area contributed by atoms with Crippen molar-refractivity contribution in [3.63, 3.8) is 0 Å². The Labute approximate surface area is 176 Å². The van der Waals surface area contributed by atoms with Gasteiger partial charge in [-0.1, -0.05) is 24.3 Å². The number of hydrogen-bond donors (Lipinski definition) is 2. The SMILES string of the molecule is CC(C(=O)OC/C(O)=C(\C#N)c1nc2ccccc2[nH]1)N1C(=O)c2ccccc2C1=O. The third-order valence-corrected chi connectivity index (χ3v) is 4.93. The topological polar surface area (TPSA) is 136 Å². The number of aliphatic hydroxyl groups is 1. The number of allylic oxidation sites excluding steroid dienone is 1. The second kappa shape index (κ2) is 7.76. The normalized spacial score (nSPS) is 14.8. The van der Waals surface area contributed by atoms with Crippen LogP contribution in [0.4, 0.5) is 0 Å². The van der Waals surface area contributed by atoms with Gasteiger partial charge in [0.15, 0.2) is 11.6 Å². The van der Waals surface area contributed by atoms with Gasteiger partial charge in [0.25, 0.3) is 11.8 Å². The van der Waals surface area contributed by atoms with Crippen LogP contribution in [-0.4, -0.2) is 50.4 Å². The molecule has 2 amide bonds. The molecule has 0 saturated carbocycles. The van der Waals surface area contributed by atoms with E-state index in [1.165, 1.54) is 19.1 Å². The lowest BCUT2D eigenvalue weighted by Crippen LogP contribution is -2.43. The number of imide groups is 1. The minimum Gasteiger partial charge on any atom is -0.507 e. The minimum atomic E-state index is -1.21. The number of nitrogens with one attached hydrogen (secondary N) is 1. The van der Waals surface area contributed by atoms with Crippen LogP contribution >= 0.6 is 0 Å². The second-order valence-corrected chi connectivity index (χ2v) is 6.85. The molecule has 9 heteroatoms. The maximum atomic E-state index is 12.5. The van der Waals surface area contributed by atoms with Crippen LogP contribution in [0.5, 0.6) is 0 Å². The Morgan fingerprint density at radius 3 is 2.39 bits per heavy atom. The Morgan fingerprint density at radius 1 is 1.16 bits per heavy atom. The van der Waals surface area contributed by atoms with Crippen molar-refractivity contribution in [3.8, 4) is 6.07 Å². The molecule has 0 fully saturated rings. The number of aromatic amines is 1. The number of benzene rings is 2. The molecule has 4 rings (SSSR count). The number of fused-ring (bicyclic) bond motifs is 2. The van der Waals surface area contributed by atoms with E-state index in [2.05, 4.69) is 9.97 Å². The number of aliphatic hydroxyl groups excluding tert-OH is 1. The number of nitrogens with zero attached hydrogens (tertiary/aromatic N) is 3. The number of para-hydroxylation sites is 2. The summed E-state index contributed by atoms with van der Waals surface area (Å²) in [6.07, 6.45) is 0. The number of rotatable bonds is 5. The van der Waals surface area contributed by atoms with Crippen LogP contribution in [0.25, 0.3) is 16.6 Å². The summed E-state index contributed by atoms with van der Waals surface area (Å²) in [6, 6.07) is 14.0. The number of carbonyl (C=O) groups is 3. The first-order chi connectivity index (χ1) is 14.9. The smallest absolute Gasteiger partial charge is 0.329 e. The van der Waals surface area contributed by atoms with Crippen molar-refractivity contribution >= 4 is 34.4 Å². The monoisotopic (exact) mass is 416 g/mol. The summed E-state index contributed by atoms with van der Waals surface area (Å²) in [5, 5.41) is 19.7. The molecule has 0 aliphatic carbocycles. The Hall–Kier alpha value is -4.45. The van der Waals surface area contributed by atoms with E-state index in [0.29, 0.717) is 11.0 Å². The number of ether oxygens (including phenoxy) is 1. The zero-order valence-corrected chi connectivity index (χ0v) is 16.3. The number of H-pyrrole nitrogens is 1. The van der Waals surface area contributed by atoms with Gasteiger partial charge in [-0.25, -0.2) is 9.78 Å². The maximum absolute atomic E-state index is 12.5. The Bertz CT molecular complexity index is 1230. The highest BCUT2D eigenvalue weighted by atomic mass is 16.5. The van der Waals surface area contributed by atoms with E-state index in [-0.39, 0.29) is 22.5 Å². The number of esters is 1. The quantitative estimate of drug-likeness (QED) is 0.282. The number of hydrogen-bond acceptors (Lipinski definition) is 7. The van der Waals surface area contributed by atoms with Crippen molar-refractivity contribution in [3.05, 3.63) is 71.2 Å². The summed E-state index contributed by atoms with van der Waals surface area (Å²) in [5.41, 5.74) is 1.53. The van der Waals surface area contributed by atoms with Crippen molar-refractivity contribution in [2.45, 2.75) is 13.0 Å². The summed E-state index contributed by atoms with van der Waals surface area (Å²) < 4.78 is 5.07. The van der Waals surface area contributed by atoms with Crippen LogP contribution in [0.1, 0.15) is 33.5 Å². The van der Waals surface area contributed by atoms with Gasteiger partial charge in [0.2, 0.25) is 0 Å². The fraction of sp³-hybridized carbons (Fsp3) is 0.136. The van der Waals surface area contributed by atoms with Gasteiger partial charge >= 0.3 is 5.97 Å². The van der Waals surface area contributed by atoms with Crippen LogP contribution in [-0.2, 0) is 9.53 Å². The van der Waals surface area contributed by atoms with Gasteiger partial charge in [-0.05, 0) is 31.2 Å². The molecule has 31 heavy (non-hydrogen) atoms. The molecule has 1 unspecified atom stereocenters. The molecule has 1 aliphatic rings. The molecular weight excluding hydrogens is 400 g/mol. The molecule has 1 atom stereocenters. The van der Waals surface area contributed by atoms with Crippen molar-refractivity contribution in [1.29, 1.82) is 5.26 Å². The zero-order chi connectivity index (χ0) is 22.1. The van der Waals surface area contributed by atoms with Gasteiger partial charge in [-0.15, -0.1) is 0 Å². The van der Waals surface area contributed by atoms with E-state index < -0.39 is 36.2 Å². The summed E-state index contributed by atoms with van der Waals surface area (Å²) in [7, 11) is 0. The highest BCUT2D eigenvalue weighted by Crippen LogP contribution is 2.25. The molecule has 0 saturated heterocycles. The standard InChI is InChI=1S/C22H16N4O5/c1-12(26-20(28)13-6-2-3-7-14(13)21(26)29)22(30)31-11-18(27)15(10-23)19-24-16-8-4-5-9-17(16)25-19/h2-9,12,27H,11H2,1H3,(H,24,25)/b18-15-.